The molecule has 1 heterocycles. The van der Waals surface area contributed by atoms with Gasteiger partial charge in [0.2, 0.25) is 5.91 Å². The van der Waals surface area contributed by atoms with Crippen LogP contribution in [0.2, 0.25) is 0 Å². The highest BCUT2D eigenvalue weighted by Gasteiger charge is 2.27. The van der Waals surface area contributed by atoms with E-state index in [-0.39, 0.29) is 17.6 Å². The summed E-state index contributed by atoms with van der Waals surface area (Å²) in [6.45, 7) is 3.47. The van der Waals surface area contributed by atoms with Crippen LogP contribution in [0.1, 0.15) is 25.3 Å². The lowest BCUT2D eigenvalue weighted by Crippen LogP contribution is -2.47. The summed E-state index contributed by atoms with van der Waals surface area (Å²) in [6.07, 6.45) is 1.62. The molecule has 0 aliphatic carbocycles. The van der Waals surface area contributed by atoms with Gasteiger partial charge in [0.15, 0.2) is 0 Å². The third-order valence-corrected chi connectivity index (χ3v) is 3.90. The molecule has 2 atom stereocenters. The number of hydrogen-bond acceptors (Lipinski definition) is 3. The number of carbonyl (C=O) groups is 2. The second-order valence-electron chi connectivity index (χ2n) is 5.77. The monoisotopic (exact) mass is 308 g/mol. The van der Waals surface area contributed by atoms with Gasteiger partial charge in [-0.25, -0.2) is 4.39 Å². The Morgan fingerprint density at radius 3 is 2.95 bits per heavy atom. The van der Waals surface area contributed by atoms with Gasteiger partial charge in [0.05, 0.1) is 5.92 Å². The first kappa shape index (κ1) is 16.4. The van der Waals surface area contributed by atoms with E-state index < -0.39 is 12.0 Å². The van der Waals surface area contributed by atoms with E-state index in [2.05, 4.69) is 10.2 Å². The van der Waals surface area contributed by atoms with E-state index in [9.17, 15) is 14.0 Å². The molecule has 1 aliphatic heterocycles. The van der Waals surface area contributed by atoms with E-state index in [4.69, 9.17) is 5.11 Å². The summed E-state index contributed by atoms with van der Waals surface area (Å²) >= 11 is 0. The molecule has 1 saturated heterocycles. The lowest BCUT2D eigenvalue weighted by molar-refractivity contribution is -0.142. The molecule has 6 heteroatoms. The first-order valence-corrected chi connectivity index (χ1v) is 7.45. The van der Waals surface area contributed by atoms with E-state index in [1.54, 1.807) is 6.07 Å². The largest absolute Gasteiger partial charge is 0.480 e. The van der Waals surface area contributed by atoms with Crippen molar-refractivity contribution in [1.82, 2.24) is 10.2 Å². The van der Waals surface area contributed by atoms with Crippen molar-refractivity contribution in [2.75, 3.05) is 13.1 Å². The van der Waals surface area contributed by atoms with Gasteiger partial charge < -0.3 is 10.4 Å². The minimum atomic E-state index is -1.04. The van der Waals surface area contributed by atoms with Gasteiger partial charge in [-0.2, -0.15) is 0 Å². The average Bonchev–Trinajstić information content (AvgIpc) is 2.47. The first-order valence-electron chi connectivity index (χ1n) is 7.45. The van der Waals surface area contributed by atoms with Gasteiger partial charge >= 0.3 is 5.97 Å². The standard InChI is InChI=1S/C16H21FN2O3/c1-11(16(21)22)18-15(20)13-5-3-7-19(10-13)9-12-4-2-6-14(17)8-12/h2,4,6,8,11,13H,3,5,7,9-10H2,1H3,(H,18,20)(H,21,22)/t11-,13?/m1/s1. The highest BCUT2D eigenvalue weighted by atomic mass is 19.1. The fraction of sp³-hybridized carbons (Fsp3) is 0.500. The maximum absolute atomic E-state index is 13.2. The van der Waals surface area contributed by atoms with Crippen molar-refractivity contribution in [2.45, 2.75) is 32.4 Å². The number of piperidine rings is 1. The minimum absolute atomic E-state index is 0.218. The molecule has 1 aliphatic rings. The van der Waals surface area contributed by atoms with Crippen LogP contribution >= 0.6 is 0 Å². The molecule has 0 bridgehead atoms. The van der Waals surface area contributed by atoms with Crippen LogP contribution in [-0.4, -0.2) is 41.0 Å². The molecule has 2 rings (SSSR count). The van der Waals surface area contributed by atoms with Crippen molar-refractivity contribution in [2.24, 2.45) is 5.92 Å². The molecule has 1 aromatic rings. The van der Waals surface area contributed by atoms with Gasteiger partial charge in [0, 0.05) is 13.1 Å². The summed E-state index contributed by atoms with van der Waals surface area (Å²) in [5.41, 5.74) is 0.875. The summed E-state index contributed by atoms with van der Waals surface area (Å²) in [4.78, 5) is 25.0. The van der Waals surface area contributed by atoms with Crippen molar-refractivity contribution in [1.29, 1.82) is 0 Å². The number of carboxylic acid groups (broad SMARTS) is 1. The third-order valence-electron chi connectivity index (χ3n) is 3.90. The van der Waals surface area contributed by atoms with Crippen LogP contribution in [-0.2, 0) is 16.1 Å². The summed E-state index contributed by atoms with van der Waals surface area (Å²) < 4.78 is 13.2. The Morgan fingerprint density at radius 2 is 2.27 bits per heavy atom. The number of nitrogens with zero attached hydrogens (tertiary/aromatic N) is 1. The van der Waals surface area contributed by atoms with E-state index in [1.165, 1.54) is 19.1 Å². The molecule has 0 saturated carbocycles. The first-order chi connectivity index (χ1) is 10.5. The number of carbonyl (C=O) groups excluding carboxylic acids is 1. The zero-order valence-corrected chi connectivity index (χ0v) is 12.6. The fourth-order valence-electron chi connectivity index (χ4n) is 2.70. The molecule has 2 N–H and O–H groups in total. The van der Waals surface area contributed by atoms with Gasteiger partial charge in [-0.15, -0.1) is 0 Å². The zero-order chi connectivity index (χ0) is 16.1. The van der Waals surface area contributed by atoms with Gasteiger partial charge in [0.25, 0.3) is 0 Å². The lowest BCUT2D eigenvalue weighted by Gasteiger charge is -2.32. The fourth-order valence-corrected chi connectivity index (χ4v) is 2.70. The molecular weight excluding hydrogens is 287 g/mol. The number of aliphatic carboxylic acids is 1. The molecule has 0 aromatic heterocycles. The Labute approximate surface area is 129 Å². The topological polar surface area (TPSA) is 69.6 Å². The number of nitrogens with one attached hydrogen (secondary N) is 1. The van der Waals surface area contributed by atoms with Crippen LogP contribution in [0.15, 0.2) is 24.3 Å². The molecule has 5 nitrogen and oxygen atoms in total. The summed E-state index contributed by atoms with van der Waals surface area (Å²) in [7, 11) is 0. The highest BCUT2D eigenvalue weighted by Crippen LogP contribution is 2.19. The van der Waals surface area contributed by atoms with Crippen LogP contribution in [0, 0.1) is 11.7 Å². The van der Waals surface area contributed by atoms with Crippen LogP contribution in [0.4, 0.5) is 4.39 Å². The van der Waals surface area contributed by atoms with E-state index >= 15 is 0 Å². The zero-order valence-electron chi connectivity index (χ0n) is 12.6. The maximum Gasteiger partial charge on any atom is 0.325 e. The maximum atomic E-state index is 13.2. The molecule has 120 valence electrons. The SMILES string of the molecule is C[C@@H](NC(=O)C1CCCN(Cc2cccc(F)c2)C1)C(=O)O. The number of halogens is 1. The van der Waals surface area contributed by atoms with E-state index in [0.717, 1.165) is 24.9 Å². The molecular formula is C16H21FN2O3. The van der Waals surface area contributed by atoms with Gasteiger partial charge in [-0.05, 0) is 44.0 Å². The third kappa shape index (κ3) is 4.53. The van der Waals surface area contributed by atoms with Gasteiger partial charge in [-0.3, -0.25) is 14.5 Å². The second-order valence-corrected chi connectivity index (χ2v) is 5.77. The van der Waals surface area contributed by atoms with E-state index in [0.29, 0.717) is 13.1 Å². The number of likely N-dealkylation sites (tertiary alicyclic amines) is 1. The Balaban J connectivity index is 1.91. The average molecular weight is 308 g/mol. The molecule has 0 radical (unpaired) electrons. The van der Waals surface area contributed by atoms with Gasteiger partial charge in [0.1, 0.15) is 11.9 Å². The Hall–Kier alpha value is -1.95. The highest BCUT2D eigenvalue weighted by molar-refractivity contribution is 5.84. The normalized spacial score (nSPS) is 20.4. The van der Waals surface area contributed by atoms with E-state index in [1.807, 2.05) is 6.07 Å². The molecule has 0 spiro atoms. The Bertz CT molecular complexity index is 550. The molecule has 1 unspecified atom stereocenters. The summed E-state index contributed by atoms with van der Waals surface area (Å²) in [6, 6.07) is 5.55. The summed E-state index contributed by atoms with van der Waals surface area (Å²) in [5.74, 6) is -1.75. The smallest absolute Gasteiger partial charge is 0.325 e. The van der Waals surface area contributed by atoms with Crippen molar-refractivity contribution < 1.29 is 19.1 Å². The number of rotatable bonds is 5. The summed E-state index contributed by atoms with van der Waals surface area (Å²) in [5, 5.41) is 11.4. The van der Waals surface area contributed by atoms with Crippen molar-refractivity contribution in [3.8, 4) is 0 Å². The molecule has 1 amide bonds. The Kier molecular flexibility index (Phi) is 5.49. The van der Waals surface area contributed by atoms with Crippen molar-refractivity contribution >= 4 is 11.9 Å². The quantitative estimate of drug-likeness (QED) is 0.867. The Morgan fingerprint density at radius 1 is 1.50 bits per heavy atom. The van der Waals surface area contributed by atoms with Crippen LogP contribution in [0.25, 0.3) is 0 Å². The molecule has 1 aromatic carbocycles. The van der Waals surface area contributed by atoms with Crippen LogP contribution in [0.5, 0.6) is 0 Å². The predicted molar refractivity (Wildman–Crippen MR) is 79.6 cm³/mol. The molecule has 1 fully saturated rings. The van der Waals surface area contributed by atoms with Gasteiger partial charge in [-0.1, -0.05) is 12.1 Å². The number of carboxylic acids is 1. The van der Waals surface area contributed by atoms with Crippen molar-refractivity contribution in [3.05, 3.63) is 35.6 Å². The number of amides is 1. The number of hydrogen-bond donors (Lipinski definition) is 2. The van der Waals surface area contributed by atoms with Crippen molar-refractivity contribution in [3.63, 3.8) is 0 Å². The minimum Gasteiger partial charge on any atom is -0.480 e. The second kappa shape index (κ2) is 7.35. The van der Waals surface area contributed by atoms with Crippen LogP contribution in [0.3, 0.4) is 0 Å². The number of benzene rings is 1. The lowest BCUT2D eigenvalue weighted by atomic mass is 9.96. The van der Waals surface area contributed by atoms with Crippen LogP contribution < -0.4 is 5.32 Å². The predicted octanol–water partition coefficient (Wildman–Crippen LogP) is 1.63. The molecule has 22 heavy (non-hydrogen) atoms.